The molecule has 0 saturated carbocycles. The number of carbonyl (C=O) groups is 2. The number of imide groups is 1. The minimum atomic E-state index is -2.23. The Morgan fingerprint density at radius 1 is 1.10 bits per heavy atom. The number of hydrogen-bond acceptors (Lipinski definition) is 4. The van der Waals surface area contributed by atoms with E-state index in [1.54, 1.807) is 0 Å². The summed E-state index contributed by atoms with van der Waals surface area (Å²) in [4.78, 5) is 18.6. The van der Waals surface area contributed by atoms with E-state index in [0.717, 1.165) is 0 Å². The van der Waals surface area contributed by atoms with Crippen LogP contribution in [0.2, 0.25) is 0 Å². The van der Waals surface area contributed by atoms with Crippen LogP contribution in [-0.4, -0.2) is 16.9 Å². The van der Waals surface area contributed by atoms with Crippen LogP contribution in [0.5, 0.6) is 0 Å². The minimum Gasteiger partial charge on any atom is -0.491 e. The summed E-state index contributed by atoms with van der Waals surface area (Å²) in [7, 11) is 0. The molecule has 0 aliphatic rings. The summed E-state index contributed by atoms with van der Waals surface area (Å²) in [6, 6.07) is 0. The zero-order valence-electron chi connectivity index (χ0n) is 5.53. The van der Waals surface area contributed by atoms with Gasteiger partial charge in [0.05, 0.1) is 0 Å². The molecule has 0 atom stereocenters. The Labute approximate surface area is 141 Å². The molecule has 0 aliphatic heterocycles. The van der Waals surface area contributed by atoms with E-state index < -0.39 is 16.9 Å². The fourth-order valence-electron chi connectivity index (χ4n) is 0.0745. The van der Waals surface area contributed by atoms with E-state index in [-0.39, 0.29) is 103 Å². The summed E-state index contributed by atoms with van der Waals surface area (Å²) in [6.07, 6.45) is -4.46. The molecule has 44 valence electrons. The molecule has 0 fully saturated rings. The predicted octanol–water partition coefficient (Wildman–Crippen LogP) is -8.28. The molecule has 6 nitrogen and oxygen atoms in total. The van der Waals surface area contributed by atoms with Gasteiger partial charge in [0.15, 0.2) is 0 Å². The Balaban J connectivity index is -0.000000245. The van der Waals surface area contributed by atoms with Crippen molar-refractivity contribution < 1.29 is 127 Å². The normalized spacial score (nSPS) is 6.40. The maximum Gasteiger partial charge on any atom is 1.00 e. The number of nitrogens with zero attached hydrogens (tertiary/aromatic N) is 2. The van der Waals surface area contributed by atoms with Crippen LogP contribution in [0.25, 0.3) is 5.53 Å². The molecule has 0 radical (unpaired) electrons. The van der Waals surface area contributed by atoms with Crippen LogP contribution in [0.1, 0.15) is 0 Å². The first-order chi connectivity index (χ1) is 3.55. The van der Waals surface area contributed by atoms with Gasteiger partial charge in [-0.05, 0) is 0 Å². The molecule has 0 rings (SSSR count). The maximum atomic E-state index is 9.28. The average Bonchev–Trinajstić information content (AvgIpc) is 1.64. The molecule has 0 aromatic carbocycles. The van der Waals surface area contributed by atoms with E-state index in [1.165, 1.54) is 0 Å². The Morgan fingerprint density at radius 2 is 1.30 bits per heavy atom. The van der Waals surface area contributed by atoms with Crippen LogP contribution < -0.4 is 113 Å². The van der Waals surface area contributed by atoms with Gasteiger partial charge in [-0.1, -0.05) is 0 Å². The molecule has 0 unspecified atom stereocenters. The second-order valence-electron chi connectivity index (χ2n) is 0.844. The third-order valence-corrected chi connectivity index (χ3v) is 0.346. The van der Waals surface area contributed by atoms with E-state index >= 15 is 0 Å². The molecule has 8 heteroatoms. The number of carbonyl (C=O) groups excluding carboxylic acids is 2. The summed E-state index contributed by atoms with van der Waals surface area (Å²) in [5, 5.41) is 18.6. The molecule has 0 N–H and O–H groups in total. The molecule has 2 amide bonds. The van der Waals surface area contributed by atoms with E-state index in [2.05, 4.69) is 0 Å². The number of amides is 2. The fraction of sp³-hybridized carbons (Fsp3) is 0. The third kappa shape index (κ3) is 7.91. The van der Waals surface area contributed by atoms with Gasteiger partial charge < -0.3 is 25.3 Å². The Bertz CT molecular complexity index is 141. The molecule has 10 heavy (non-hydrogen) atoms. The first-order valence-corrected chi connectivity index (χ1v) is 1.46. The average molecular weight is 194 g/mol. The number of hydrogen-bond donors (Lipinski definition) is 0. The fourth-order valence-corrected chi connectivity index (χ4v) is 0.0745. The van der Waals surface area contributed by atoms with Crippen LogP contribution in [0.15, 0.2) is 0 Å². The van der Waals surface area contributed by atoms with Gasteiger partial charge in [-0.2, -0.15) is 0 Å². The van der Waals surface area contributed by atoms with Gasteiger partial charge >= 0.3 is 115 Å². The molecule has 0 aliphatic carbocycles. The van der Waals surface area contributed by atoms with Crippen LogP contribution >= 0.6 is 0 Å². The smallest absolute Gasteiger partial charge is 0.491 e. The first kappa shape index (κ1) is 17.8. The van der Waals surface area contributed by atoms with Crippen molar-refractivity contribution >= 4 is 12.2 Å². The van der Waals surface area contributed by atoms with Gasteiger partial charge in [-0.25, -0.2) is 4.70 Å². The van der Waals surface area contributed by atoms with Gasteiger partial charge in [-0.3, -0.25) is 0 Å². The van der Waals surface area contributed by atoms with Crippen molar-refractivity contribution in [1.29, 1.82) is 0 Å². The van der Waals surface area contributed by atoms with Crippen molar-refractivity contribution in [2.24, 2.45) is 0 Å². The summed E-state index contributed by atoms with van der Waals surface area (Å²) in [5.74, 6) is 0. The molecule has 0 bridgehead atoms. The molecule has 0 aromatic heterocycles. The van der Waals surface area contributed by atoms with Gasteiger partial charge in [0, 0.05) is 0 Å². The van der Waals surface area contributed by atoms with E-state index in [4.69, 9.17) is 5.53 Å². The van der Waals surface area contributed by atoms with Crippen molar-refractivity contribution in [1.82, 2.24) is 0 Å². The monoisotopic (exact) mass is 194 g/mol. The molecule has 0 spiro atoms. The second kappa shape index (κ2) is 8.91. The van der Waals surface area contributed by atoms with Crippen molar-refractivity contribution in [2.75, 3.05) is 0 Å². The van der Waals surface area contributed by atoms with Gasteiger partial charge in [-0.15, -0.1) is 0 Å². The third-order valence-electron chi connectivity index (χ3n) is 0.346. The quantitative estimate of drug-likeness (QED) is 0.217. The van der Waals surface area contributed by atoms with Crippen molar-refractivity contribution in [3.05, 3.63) is 5.53 Å². The molecule has 0 saturated heterocycles. The summed E-state index contributed by atoms with van der Waals surface area (Å²) < 4.78 is -1.06. The van der Waals surface area contributed by atoms with E-state index in [0.29, 0.717) is 0 Å². The predicted molar refractivity (Wildman–Crippen MR) is 14.4 cm³/mol. The topological polar surface area (TPSA) is 106 Å². The SMILES string of the molecule is [K+].[K+].[N-]=[N+](C(=O)[O-])C(=O)[O-]. The Morgan fingerprint density at radius 3 is 1.30 bits per heavy atom. The van der Waals surface area contributed by atoms with Gasteiger partial charge in [0.25, 0.3) is 0 Å². The summed E-state index contributed by atoms with van der Waals surface area (Å²) >= 11 is 0. The zero-order valence-corrected chi connectivity index (χ0v) is 11.8. The minimum absolute atomic E-state index is 0. The first-order valence-electron chi connectivity index (χ1n) is 1.46. The zero-order chi connectivity index (χ0) is 6.73. The number of rotatable bonds is 0. The van der Waals surface area contributed by atoms with E-state index in [1.807, 2.05) is 0 Å². The van der Waals surface area contributed by atoms with Crippen LogP contribution in [-0.2, 0) is 0 Å². The van der Waals surface area contributed by atoms with Crippen LogP contribution in [0, 0.1) is 0 Å². The van der Waals surface area contributed by atoms with E-state index in [9.17, 15) is 19.8 Å². The van der Waals surface area contributed by atoms with Crippen molar-refractivity contribution in [2.45, 2.75) is 0 Å². The van der Waals surface area contributed by atoms with Gasteiger partial charge in [0.1, 0.15) is 0 Å². The van der Waals surface area contributed by atoms with Gasteiger partial charge in [0.2, 0.25) is 0 Å². The maximum absolute atomic E-state index is 9.28. The van der Waals surface area contributed by atoms with Crippen LogP contribution in [0.4, 0.5) is 9.59 Å². The standard InChI is InChI=1S/C2H2N2O4.2K/c3-4(1(5)6)2(7)8;;/h(H,5,6)(H,7,8);;/q;2*+1/p-2. The van der Waals surface area contributed by atoms with Crippen molar-refractivity contribution in [3.63, 3.8) is 0 Å². The summed E-state index contributed by atoms with van der Waals surface area (Å²) in [6.45, 7) is 0. The molecule has 0 heterocycles. The Kier molecular flexibility index (Phi) is 15.8. The molecule has 0 aromatic rings. The van der Waals surface area contributed by atoms with Crippen molar-refractivity contribution in [3.8, 4) is 0 Å². The van der Waals surface area contributed by atoms with Crippen LogP contribution in [0.3, 0.4) is 0 Å². The second-order valence-corrected chi connectivity index (χ2v) is 0.844. The molecular formula is C2K2N2O4. The number of carboxylic acid groups (broad SMARTS) is 2. The Hall–Kier alpha value is 1.81. The largest absolute Gasteiger partial charge is 1.00 e. The summed E-state index contributed by atoms with van der Waals surface area (Å²) in [5.41, 5.74) is 7.71. The molecular weight excluding hydrogens is 194 g/mol.